The van der Waals surface area contributed by atoms with Gasteiger partial charge in [0.2, 0.25) is 5.82 Å². The third-order valence-electron chi connectivity index (χ3n) is 5.00. The Morgan fingerprint density at radius 1 is 0.968 bits per heavy atom. The zero-order valence-corrected chi connectivity index (χ0v) is 16.8. The van der Waals surface area contributed by atoms with E-state index in [1.807, 2.05) is 4.90 Å². The van der Waals surface area contributed by atoms with E-state index in [2.05, 4.69) is 14.9 Å². The number of methoxy groups -OCH3 is 1. The van der Waals surface area contributed by atoms with Gasteiger partial charge in [-0.1, -0.05) is 12.1 Å². The number of halogens is 1. The Kier molecular flexibility index (Phi) is 5.78. The van der Waals surface area contributed by atoms with Crippen LogP contribution in [0.4, 0.5) is 21.6 Å². The van der Waals surface area contributed by atoms with Gasteiger partial charge in [0.05, 0.1) is 12.0 Å². The number of hydrogen-bond donors (Lipinski definition) is 0. The van der Waals surface area contributed by atoms with Gasteiger partial charge in [0, 0.05) is 31.9 Å². The van der Waals surface area contributed by atoms with Crippen molar-refractivity contribution in [2.45, 2.75) is 0 Å². The van der Waals surface area contributed by atoms with Crippen molar-refractivity contribution in [1.29, 1.82) is 0 Å². The minimum Gasteiger partial charge on any atom is -0.493 e. The molecule has 0 radical (unpaired) electrons. The molecule has 3 aromatic rings. The number of piperazine rings is 1. The number of nitro groups is 1. The SMILES string of the molecule is COc1ccccc1Oc1ncnc(N2CCN(c3ccc(F)cc3)CC2)c1[N+](=O)[O-]. The third-order valence-corrected chi connectivity index (χ3v) is 5.00. The lowest BCUT2D eigenvalue weighted by Crippen LogP contribution is -2.47. The van der Waals surface area contributed by atoms with E-state index in [1.54, 1.807) is 36.4 Å². The van der Waals surface area contributed by atoms with Crippen molar-refractivity contribution in [3.05, 3.63) is 70.8 Å². The summed E-state index contributed by atoms with van der Waals surface area (Å²) in [6, 6.07) is 13.1. The standard InChI is InChI=1S/C21H20FN5O4/c1-30-17-4-2-3-5-18(17)31-21-19(27(28)29)20(23-14-24-21)26-12-10-25(11-13-26)16-8-6-15(22)7-9-16/h2-9,14H,10-13H2,1H3. The molecule has 0 amide bonds. The lowest BCUT2D eigenvalue weighted by molar-refractivity contribution is -0.385. The van der Waals surface area contributed by atoms with Crippen molar-refractivity contribution in [3.8, 4) is 17.4 Å². The topological polar surface area (TPSA) is 93.9 Å². The second kappa shape index (κ2) is 8.82. The predicted molar refractivity (Wildman–Crippen MR) is 113 cm³/mol. The average Bonchev–Trinajstić information content (AvgIpc) is 2.80. The number of ether oxygens (including phenoxy) is 2. The van der Waals surface area contributed by atoms with Crippen molar-refractivity contribution in [2.75, 3.05) is 43.1 Å². The molecule has 0 atom stereocenters. The lowest BCUT2D eigenvalue weighted by atomic mass is 10.2. The van der Waals surface area contributed by atoms with Gasteiger partial charge in [-0.05, 0) is 36.4 Å². The van der Waals surface area contributed by atoms with Crippen molar-refractivity contribution in [2.24, 2.45) is 0 Å². The summed E-state index contributed by atoms with van der Waals surface area (Å²) in [5.74, 6) is 0.509. The predicted octanol–water partition coefficient (Wildman–Crippen LogP) is 3.65. The molecule has 0 unspecified atom stereocenters. The highest BCUT2D eigenvalue weighted by atomic mass is 19.1. The van der Waals surface area contributed by atoms with E-state index in [9.17, 15) is 14.5 Å². The van der Waals surface area contributed by atoms with Crippen LogP contribution in [-0.2, 0) is 0 Å². The van der Waals surface area contributed by atoms with Crippen molar-refractivity contribution < 1.29 is 18.8 Å². The molecule has 0 bridgehead atoms. The molecule has 0 saturated carbocycles. The summed E-state index contributed by atoms with van der Waals surface area (Å²) in [6.07, 6.45) is 1.25. The molecule has 1 fully saturated rings. The molecule has 160 valence electrons. The van der Waals surface area contributed by atoms with Crippen LogP contribution in [-0.4, -0.2) is 48.2 Å². The first-order valence-corrected chi connectivity index (χ1v) is 9.62. The van der Waals surface area contributed by atoms with Crippen LogP contribution in [0, 0.1) is 15.9 Å². The Labute approximate surface area is 177 Å². The molecule has 1 aliphatic heterocycles. The first-order chi connectivity index (χ1) is 15.1. The molecule has 1 aliphatic rings. The summed E-state index contributed by atoms with van der Waals surface area (Å²) >= 11 is 0. The summed E-state index contributed by atoms with van der Waals surface area (Å²) in [4.78, 5) is 23.4. The number of benzene rings is 2. The van der Waals surface area contributed by atoms with Crippen LogP contribution in [0.5, 0.6) is 17.4 Å². The molecule has 2 aromatic carbocycles. The first kappa shape index (κ1) is 20.3. The molecular weight excluding hydrogens is 405 g/mol. The molecule has 1 aromatic heterocycles. The number of anilines is 2. The van der Waals surface area contributed by atoms with E-state index in [0.717, 1.165) is 5.69 Å². The third kappa shape index (κ3) is 4.32. The van der Waals surface area contributed by atoms with Gasteiger partial charge >= 0.3 is 11.6 Å². The summed E-state index contributed by atoms with van der Waals surface area (Å²) < 4.78 is 24.2. The van der Waals surface area contributed by atoms with Crippen LogP contribution in [0.2, 0.25) is 0 Å². The van der Waals surface area contributed by atoms with Crippen molar-refractivity contribution >= 4 is 17.2 Å². The average molecular weight is 425 g/mol. The Balaban J connectivity index is 1.57. The van der Waals surface area contributed by atoms with Crippen LogP contribution in [0.25, 0.3) is 0 Å². The second-order valence-electron chi connectivity index (χ2n) is 6.81. The zero-order valence-electron chi connectivity index (χ0n) is 16.8. The highest BCUT2D eigenvalue weighted by Crippen LogP contribution is 2.39. The molecule has 4 rings (SSSR count). The van der Waals surface area contributed by atoms with Crippen LogP contribution in [0.3, 0.4) is 0 Å². The molecule has 0 spiro atoms. The van der Waals surface area contributed by atoms with E-state index >= 15 is 0 Å². The first-order valence-electron chi connectivity index (χ1n) is 9.62. The molecular formula is C21H20FN5O4. The molecule has 1 saturated heterocycles. The molecule has 9 nitrogen and oxygen atoms in total. The van der Waals surface area contributed by atoms with Gasteiger partial charge in [-0.3, -0.25) is 10.1 Å². The van der Waals surface area contributed by atoms with Gasteiger partial charge in [0.25, 0.3) is 0 Å². The Bertz CT molecular complexity index is 1070. The van der Waals surface area contributed by atoms with Crippen LogP contribution < -0.4 is 19.3 Å². The Morgan fingerprint density at radius 3 is 2.26 bits per heavy atom. The maximum atomic E-state index is 13.2. The smallest absolute Gasteiger partial charge is 0.373 e. The molecule has 2 heterocycles. The highest BCUT2D eigenvalue weighted by Gasteiger charge is 2.31. The van der Waals surface area contributed by atoms with Gasteiger partial charge in [-0.15, -0.1) is 0 Å². The normalized spacial score (nSPS) is 13.7. The van der Waals surface area contributed by atoms with Gasteiger partial charge in [-0.2, -0.15) is 4.98 Å². The fourth-order valence-electron chi connectivity index (χ4n) is 3.46. The fourth-order valence-corrected chi connectivity index (χ4v) is 3.46. The number of rotatable bonds is 6. The number of aromatic nitrogens is 2. The molecule has 0 aliphatic carbocycles. The van der Waals surface area contributed by atoms with Gasteiger partial charge in [-0.25, -0.2) is 9.37 Å². The lowest BCUT2D eigenvalue weighted by Gasteiger charge is -2.36. The summed E-state index contributed by atoms with van der Waals surface area (Å²) in [5, 5.41) is 11.9. The van der Waals surface area contributed by atoms with Crippen LogP contribution in [0.1, 0.15) is 0 Å². The van der Waals surface area contributed by atoms with Gasteiger partial charge in [0.1, 0.15) is 12.1 Å². The van der Waals surface area contributed by atoms with Crippen LogP contribution >= 0.6 is 0 Å². The van der Waals surface area contributed by atoms with E-state index < -0.39 is 4.92 Å². The molecule has 10 heteroatoms. The minimum atomic E-state index is -0.535. The number of para-hydroxylation sites is 2. The van der Waals surface area contributed by atoms with E-state index in [0.29, 0.717) is 37.7 Å². The van der Waals surface area contributed by atoms with Gasteiger partial charge < -0.3 is 19.3 Å². The minimum absolute atomic E-state index is 0.152. The molecule has 0 N–H and O–H groups in total. The number of nitrogens with zero attached hydrogens (tertiary/aromatic N) is 5. The summed E-state index contributed by atoms with van der Waals surface area (Å²) in [5.41, 5.74) is 0.599. The maximum Gasteiger partial charge on any atom is 0.373 e. The quantitative estimate of drug-likeness (QED) is 0.436. The van der Waals surface area contributed by atoms with Gasteiger partial charge in [0.15, 0.2) is 11.5 Å². The summed E-state index contributed by atoms with van der Waals surface area (Å²) in [6.45, 7) is 2.22. The zero-order chi connectivity index (χ0) is 21.8. The Hall–Kier alpha value is -3.95. The summed E-state index contributed by atoms with van der Waals surface area (Å²) in [7, 11) is 1.49. The fraction of sp³-hybridized carbons (Fsp3) is 0.238. The monoisotopic (exact) mass is 425 g/mol. The van der Waals surface area contributed by atoms with E-state index in [1.165, 1.54) is 25.6 Å². The highest BCUT2D eigenvalue weighted by molar-refractivity contribution is 5.64. The number of hydrogen-bond acceptors (Lipinski definition) is 8. The van der Waals surface area contributed by atoms with Crippen molar-refractivity contribution in [1.82, 2.24) is 9.97 Å². The van der Waals surface area contributed by atoms with Crippen molar-refractivity contribution in [3.63, 3.8) is 0 Å². The Morgan fingerprint density at radius 2 is 1.61 bits per heavy atom. The largest absolute Gasteiger partial charge is 0.493 e. The second-order valence-corrected chi connectivity index (χ2v) is 6.81. The van der Waals surface area contributed by atoms with E-state index in [4.69, 9.17) is 9.47 Å². The van der Waals surface area contributed by atoms with Crippen LogP contribution in [0.15, 0.2) is 54.9 Å². The molecule has 31 heavy (non-hydrogen) atoms. The van der Waals surface area contributed by atoms with E-state index in [-0.39, 0.29) is 23.2 Å². The maximum absolute atomic E-state index is 13.2.